The molecule has 0 aliphatic carbocycles. The molecule has 0 spiro atoms. The molecule has 0 bridgehead atoms. The standard InChI is InChI=1S/C16H17N3O5/c1-17(10-12-6-3-4-7-13(12)19(22)23)15(20)11-18(2)16(21)14-8-5-9-24-14/h3-9H,10-11H2,1-2H3. The lowest BCUT2D eigenvalue weighted by atomic mass is 10.1. The molecule has 0 saturated heterocycles. The van der Waals surface area contributed by atoms with Crippen molar-refractivity contribution in [2.45, 2.75) is 6.54 Å². The van der Waals surface area contributed by atoms with Gasteiger partial charge in [-0.2, -0.15) is 0 Å². The van der Waals surface area contributed by atoms with E-state index in [2.05, 4.69) is 0 Å². The first-order valence-electron chi connectivity index (χ1n) is 7.15. The number of para-hydroxylation sites is 1. The number of nitro benzene ring substituents is 1. The molecule has 0 N–H and O–H groups in total. The maximum absolute atomic E-state index is 12.2. The smallest absolute Gasteiger partial charge is 0.289 e. The highest BCUT2D eigenvalue weighted by Crippen LogP contribution is 2.19. The third-order valence-electron chi connectivity index (χ3n) is 3.47. The SMILES string of the molecule is CN(Cc1ccccc1[N+](=O)[O-])C(=O)CN(C)C(=O)c1ccco1. The van der Waals surface area contributed by atoms with Gasteiger partial charge in [0.1, 0.15) is 0 Å². The lowest BCUT2D eigenvalue weighted by Crippen LogP contribution is -2.39. The van der Waals surface area contributed by atoms with Crippen molar-refractivity contribution in [1.82, 2.24) is 9.80 Å². The second-order valence-corrected chi connectivity index (χ2v) is 5.27. The summed E-state index contributed by atoms with van der Waals surface area (Å²) in [7, 11) is 3.02. The fraction of sp³-hybridized carbons (Fsp3) is 0.250. The van der Waals surface area contributed by atoms with Crippen LogP contribution in [0.1, 0.15) is 16.1 Å². The Morgan fingerprint density at radius 2 is 1.83 bits per heavy atom. The average Bonchev–Trinajstić information content (AvgIpc) is 3.08. The highest BCUT2D eigenvalue weighted by atomic mass is 16.6. The molecule has 2 rings (SSSR count). The molecule has 1 aromatic carbocycles. The van der Waals surface area contributed by atoms with Crippen LogP contribution >= 0.6 is 0 Å². The molecule has 1 heterocycles. The van der Waals surface area contributed by atoms with E-state index in [1.54, 1.807) is 24.3 Å². The third-order valence-corrected chi connectivity index (χ3v) is 3.47. The third kappa shape index (κ3) is 3.97. The first kappa shape index (κ1) is 17.2. The number of hydrogen-bond donors (Lipinski definition) is 0. The van der Waals surface area contributed by atoms with Gasteiger partial charge < -0.3 is 14.2 Å². The highest BCUT2D eigenvalue weighted by molar-refractivity contribution is 5.94. The molecule has 8 heteroatoms. The number of nitrogens with zero attached hydrogens (tertiary/aromatic N) is 3. The average molecular weight is 331 g/mol. The second kappa shape index (κ2) is 7.40. The van der Waals surface area contributed by atoms with E-state index in [-0.39, 0.29) is 30.4 Å². The molecular weight excluding hydrogens is 314 g/mol. The number of benzene rings is 1. The van der Waals surface area contributed by atoms with E-state index in [0.29, 0.717) is 5.56 Å². The minimum atomic E-state index is -0.486. The topological polar surface area (TPSA) is 96.9 Å². The molecule has 0 atom stereocenters. The van der Waals surface area contributed by atoms with Crippen LogP contribution in [0, 0.1) is 10.1 Å². The molecule has 1 aromatic heterocycles. The Kier molecular flexibility index (Phi) is 5.31. The van der Waals surface area contributed by atoms with Crippen LogP contribution in [0.15, 0.2) is 47.1 Å². The van der Waals surface area contributed by atoms with Gasteiger partial charge in [0.05, 0.1) is 24.3 Å². The molecule has 0 unspecified atom stereocenters. The Morgan fingerprint density at radius 3 is 2.46 bits per heavy atom. The lowest BCUT2D eigenvalue weighted by Gasteiger charge is -2.21. The minimum absolute atomic E-state index is 0.0443. The van der Waals surface area contributed by atoms with Crippen molar-refractivity contribution >= 4 is 17.5 Å². The number of amides is 2. The summed E-state index contributed by atoms with van der Waals surface area (Å²) >= 11 is 0. The zero-order valence-electron chi connectivity index (χ0n) is 13.3. The van der Waals surface area contributed by atoms with Crippen molar-refractivity contribution < 1.29 is 18.9 Å². The first-order valence-corrected chi connectivity index (χ1v) is 7.15. The molecule has 2 amide bonds. The van der Waals surface area contributed by atoms with Gasteiger partial charge in [-0.05, 0) is 12.1 Å². The predicted molar refractivity (Wildman–Crippen MR) is 85.2 cm³/mol. The number of hydrogen-bond acceptors (Lipinski definition) is 5. The number of furan rings is 1. The molecule has 0 radical (unpaired) electrons. The zero-order chi connectivity index (χ0) is 17.7. The number of rotatable bonds is 6. The Labute approximate surface area is 138 Å². The van der Waals surface area contributed by atoms with Gasteiger partial charge in [-0.15, -0.1) is 0 Å². The highest BCUT2D eigenvalue weighted by Gasteiger charge is 2.21. The Bertz CT molecular complexity index is 742. The Balaban J connectivity index is 2.00. The van der Waals surface area contributed by atoms with E-state index in [9.17, 15) is 19.7 Å². The molecule has 0 fully saturated rings. The summed E-state index contributed by atoms with van der Waals surface area (Å²) in [6.45, 7) is -0.0740. The van der Waals surface area contributed by atoms with Gasteiger partial charge in [-0.1, -0.05) is 18.2 Å². The van der Waals surface area contributed by atoms with Crippen LogP contribution < -0.4 is 0 Å². The van der Waals surface area contributed by atoms with E-state index in [1.165, 1.54) is 42.3 Å². The van der Waals surface area contributed by atoms with Gasteiger partial charge in [-0.25, -0.2) is 0 Å². The predicted octanol–water partition coefficient (Wildman–Crippen LogP) is 1.92. The van der Waals surface area contributed by atoms with Gasteiger partial charge in [0, 0.05) is 25.7 Å². The van der Waals surface area contributed by atoms with Crippen molar-refractivity contribution in [3.8, 4) is 0 Å². The van der Waals surface area contributed by atoms with Gasteiger partial charge in [0.2, 0.25) is 5.91 Å². The summed E-state index contributed by atoms with van der Waals surface area (Å²) in [5.41, 5.74) is 0.385. The second-order valence-electron chi connectivity index (χ2n) is 5.27. The molecule has 24 heavy (non-hydrogen) atoms. The zero-order valence-corrected chi connectivity index (χ0v) is 13.3. The molecular formula is C16H17N3O5. The largest absolute Gasteiger partial charge is 0.459 e. The summed E-state index contributed by atoms with van der Waals surface area (Å²) in [5, 5.41) is 11.0. The summed E-state index contributed by atoms with van der Waals surface area (Å²) < 4.78 is 5.01. The fourth-order valence-electron chi connectivity index (χ4n) is 2.15. The van der Waals surface area contributed by atoms with Crippen LogP contribution in [0.5, 0.6) is 0 Å². The van der Waals surface area contributed by atoms with Crippen LogP contribution in [0.25, 0.3) is 0 Å². The van der Waals surface area contributed by atoms with E-state index < -0.39 is 10.8 Å². The maximum Gasteiger partial charge on any atom is 0.289 e. The number of carbonyl (C=O) groups excluding carboxylic acids is 2. The summed E-state index contributed by atoms with van der Waals surface area (Å²) in [6, 6.07) is 9.33. The minimum Gasteiger partial charge on any atom is -0.459 e. The fourth-order valence-corrected chi connectivity index (χ4v) is 2.15. The number of nitro groups is 1. The molecule has 0 aliphatic rings. The van der Waals surface area contributed by atoms with Crippen LogP contribution in [0.4, 0.5) is 5.69 Å². The molecule has 2 aromatic rings. The summed E-state index contributed by atoms with van der Waals surface area (Å²) in [6.07, 6.45) is 1.38. The van der Waals surface area contributed by atoms with Crippen LogP contribution in [0.3, 0.4) is 0 Å². The van der Waals surface area contributed by atoms with Crippen molar-refractivity contribution in [2.24, 2.45) is 0 Å². The maximum atomic E-state index is 12.2. The Hall–Kier alpha value is -3.16. The van der Waals surface area contributed by atoms with E-state index in [1.807, 2.05) is 0 Å². The Morgan fingerprint density at radius 1 is 1.12 bits per heavy atom. The van der Waals surface area contributed by atoms with Gasteiger partial charge >= 0.3 is 0 Å². The van der Waals surface area contributed by atoms with Crippen molar-refractivity contribution in [2.75, 3.05) is 20.6 Å². The first-order chi connectivity index (χ1) is 11.4. The van der Waals surface area contributed by atoms with Gasteiger partial charge in [-0.3, -0.25) is 19.7 Å². The summed E-state index contributed by atoms with van der Waals surface area (Å²) in [5.74, 6) is -0.602. The monoisotopic (exact) mass is 331 g/mol. The van der Waals surface area contributed by atoms with E-state index in [4.69, 9.17) is 4.42 Å². The van der Waals surface area contributed by atoms with Crippen LogP contribution in [-0.4, -0.2) is 47.2 Å². The van der Waals surface area contributed by atoms with E-state index in [0.717, 1.165) is 0 Å². The van der Waals surface area contributed by atoms with E-state index >= 15 is 0 Å². The van der Waals surface area contributed by atoms with Crippen molar-refractivity contribution in [1.29, 1.82) is 0 Å². The lowest BCUT2D eigenvalue weighted by molar-refractivity contribution is -0.385. The van der Waals surface area contributed by atoms with Crippen molar-refractivity contribution in [3.63, 3.8) is 0 Å². The van der Waals surface area contributed by atoms with Crippen LogP contribution in [0.2, 0.25) is 0 Å². The molecule has 0 aliphatic heterocycles. The number of likely N-dealkylation sites (N-methyl/N-ethyl adjacent to an activating group) is 2. The summed E-state index contributed by atoms with van der Waals surface area (Å²) in [4.78, 5) is 37.4. The molecule has 8 nitrogen and oxygen atoms in total. The number of carbonyl (C=O) groups is 2. The molecule has 126 valence electrons. The quantitative estimate of drug-likeness (QED) is 0.595. The van der Waals surface area contributed by atoms with Gasteiger partial charge in [0.15, 0.2) is 5.76 Å². The normalized spacial score (nSPS) is 10.2. The van der Waals surface area contributed by atoms with Gasteiger partial charge in [0.25, 0.3) is 11.6 Å². The van der Waals surface area contributed by atoms with Crippen molar-refractivity contribution in [3.05, 3.63) is 64.1 Å². The molecule has 0 saturated carbocycles. The van der Waals surface area contributed by atoms with Crippen LogP contribution in [-0.2, 0) is 11.3 Å².